The molecule has 0 radical (unpaired) electrons. The van der Waals surface area contributed by atoms with Crippen molar-refractivity contribution in [3.05, 3.63) is 71.8 Å². The molecule has 2 aromatic carbocycles. The minimum Gasteiger partial charge on any atom is -0.355 e. The van der Waals surface area contributed by atoms with Gasteiger partial charge in [0.15, 0.2) is 0 Å². The third-order valence-electron chi connectivity index (χ3n) is 5.41. The Morgan fingerprint density at radius 3 is 1.89 bits per heavy atom. The number of aryl methyl sites for hydroxylation is 1. The van der Waals surface area contributed by atoms with Gasteiger partial charge in [0.1, 0.15) is 12.1 Å². The van der Waals surface area contributed by atoms with Crippen molar-refractivity contribution >= 4 is 23.6 Å². The van der Waals surface area contributed by atoms with Gasteiger partial charge in [-0.3, -0.25) is 19.2 Å². The van der Waals surface area contributed by atoms with E-state index >= 15 is 0 Å². The average Bonchev–Trinajstić information content (AvgIpc) is 2.84. The van der Waals surface area contributed by atoms with E-state index in [0.717, 1.165) is 11.1 Å². The maximum atomic E-state index is 13.1. The van der Waals surface area contributed by atoms with Gasteiger partial charge >= 0.3 is 0 Å². The molecule has 8 heteroatoms. The number of hydrogen-bond donors (Lipinski definition) is 4. The molecule has 0 saturated heterocycles. The lowest BCUT2D eigenvalue weighted by Crippen LogP contribution is -2.54. The summed E-state index contributed by atoms with van der Waals surface area (Å²) >= 11 is 0. The van der Waals surface area contributed by atoms with Crippen molar-refractivity contribution in [3.8, 4) is 0 Å². The van der Waals surface area contributed by atoms with Crippen LogP contribution in [-0.4, -0.2) is 42.3 Å². The maximum absolute atomic E-state index is 13.1. The van der Waals surface area contributed by atoms with Crippen LogP contribution in [0.25, 0.3) is 0 Å². The highest BCUT2D eigenvalue weighted by Gasteiger charge is 2.28. The monoisotopic (exact) mass is 494 g/mol. The Labute approximate surface area is 213 Å². The van der Waals surface area contributed by atoms with Crippen LogP contribution in [0.3, 0.4) is 0 Å². The summed E-state index contributed by atoms with van der Waals surface area (Å²) in [5, 5.41) is 11.0. The van der Waals surface area contributed by atoms with E-state index in [-0.39, 0.29) is 23.7 Å². The van der Waals surface area contributed by atoms with E-state index in [1.165, 1.54) is 6.92 Å². The van der Waals surface area contributed by atoms with Crippen molar-refractivity contribution in [1.82, 2.24) is 21.3 Å². The van der Waals surface area contributed by atoms with E-state index in [1.54, 1.807) is 0 Å². The second-order valence-corrected chi connectivity index (χ2v) is 10.1. The molecule has 0 unspecified atom stereocenters. The van der Waals surface area contributed by atoms with Gasteiger partial charge in [0, 0.05) is 20.0 Å². The van der Waals surface area contributed by atoms with Gasteiger partial charge in [-0.15, -0.1) is 0 Å². The fourth-order valence-electron chi connectivity index (χ4n) is 3.48. The first-order valence-corrected chi connectivity index (χ1v) is 12.2. The SMILES string of the molecule is CC(=O)N[C@@H](CC(=O)NCC(C)(C)C)C(=O)N[C@@H](CCc1ccccc1)C(=O)NCc1ccccc1. The topological polar surface area (TPSA) is 116 Å². The number of amides is 4. The first kappa shape index (κ1) is 28.6. The van der Waals surface area contributed by atoms with Crippen LogP contribution in [0.1, 0.15) is 51.7 Å². The summed E-state index contributed by atoms with van der Waals surface area (Å²) in [5.74, 6) is -1.70. The standard InChI is InChI=1S/C28H38N4O4/c1-20(33)31-24(17-25(34)30-19-28(2,3)4)27(36)32-23(16-15-21-11-7-5-8-12-21)26(35)29-18-22-13-9-6-10-14-22/h5-14,23-24H,15-19H2,1-4H3,(H,29,35)(H,30,34)(H,31,33)(H,32,36)/t23-,24-/m0/s1. The van der Waals surface area contributed by atoms with E-state index in [9.17, 15) is 19.2 Å². The summed E-state index contributed by atoms with van der Waals surface area (Å²) in [5.41, 5.74) is 1.85. The lowest BCUT2D eigenvalue weighted by Gasteiger charge is -2.24. The third kappa shape index (κ3) is 11.2. The molecule has 4 amide bonds. The lowest BCUT2D eigenvalue weighted by molar-refractivity contribution is -0.133. The van der Waals surface area contributed by atoms with E-state index in [1.807, 2.05) is 81.4 Å². The van der Waals surface area contributed by atoms with Crippen molar-refractivity contribution in [2.45, 2.75) is 65.6 Å². The van der Waals surface area contributed by atoms with Gasteiger partial charge in [-0.25, -0.2) is 0 Å². The van der Waals surface area contributed by atoms with Crippen molar-refractivity contribution in [3.63, 3.8) is 0 Å². The molecule has 0 aromatic heterocycles. The molecule has 0 aliphatic heterocycles. The second-order valence-electron chi connectivity index (χ2n) is 10.1. The molecule has 36 heavy (non-hydrogen) atoms. The number of benzene rings is 2. The fourth-order valence-corrected chi connectivity index (χ4v) is 3.48. The Bertz CT molecular complexity index is 1000. The van der Waals surface area contributed by atoms with Crippen molar-refractivity contribution < 1.29 is 19.2 Å². The molecule has 0 aliphatic carbocycles. The van der Waals surface area contributed by atoms with E-state index in [2.05, 4.69) is 21.3 Å². The number of carbonyl (C=O) groups is 4. The molecule has 0 aliphatic rings. The van der Waals surface area contributed by atoms with Gasteiger partial charge in [-0.1, -0.05) is 81.4 Å². The fraction of sp³-hybridized carbons (Fsp3) is 0.429. The quantitative estimate of drug-likeness (QED) is 0.363. The third-order valence-corrected chi connectivity index (χ3v) is 5.41. The van der Waals surface area contributed by atoms with E-state index in [4.69, 9.17) is 0 Å². The van der Waals surface area contributed by atoms with E-state index in [0.29, 0.717) is 25.9 Å². The molecule has 0 spiro atoms. The number of rotatable bonds is 12. The average molecular weight is 495 g/mol. The Balaban J connectivity index is 2.09. The summed E-state index contributed by atoms with van der Waals surface area (Å²) in [6.45, 7) is 7.99. The van der Waals surface area contributed by atoms with Gasteiger partial charge in [0.05, 0.1) is 6.42 Å². The largest absolute Gasteiger partial charge is 0.355 e. The van der Waals surface area contributed by atoms with Crippen molar-refractivity contribution in [2.75, 3.05) is 6.54 Å². The van der Waals surface area contributed by atoms with Crippen molar-refractivity contribution in [1.29, 1.82) is 0 Å². The number of carbonyl (C=O) groups excluding carboxylic acids is 4. The molecule has 4 N–H and O–H groups in total. The highest BCUT2D eigenvalue weighted by molar-refractivity contribution is 5.94. The molecular weight excluding hydrogens is 456 g/mol. The first-order chi connectivity index (χ1) is 17.0. The van der Waals surface area contributed by atoms with Crippen LogP contribution >= 0.6 is 0 Å². The molecule has 8 nitrogen and oxygen atoms in total. The van der Waals surface area contributed by atoms with Gasteiger partial charge < -0.3 is 21.3 Å². The lowest BCUT2D eigenvalue weighted by atomic mass is 9.97. The summed E-state index contributed by atoms with van der Waals surface area (Å²) in [7, 11) is 0. The van der Waals surface area contributed by atoms with Crippen LogP contribution in [0, 0.1) is 5.41 Å². The van der Waals surface area contributed by atoms with Gasteiger partial charge in [0.2, 0.25) is 23.6 Å². The zero-order chi connectivity index (χ0) is 26.6. The summed E-state index contributed by atoms with van der Waals surface area (Å²) in [6, 6.07) is 17.2. The zero-order valence-corrected chi connectivity index (χ0v) is 21.6. The van der Waals surface area contributed by atoms with Gasteiger partial charge in [-0.2, -0.15) is 0 Å². The van der Waals surface area contributed by atoms with Crippen molar-refractivity contribution in [2.24, 2.45) is 5.41 Å². The predicted octanol–water partition coefficient (Wildman–Crippen LogP) is 2.48. The molecule has 2 atom stereocenters. The molecule has 2 aromatic rings. The van der Waals surface area contributed by atoms with Crippen LogP contribution in [0.2, 0.25) is 0 Å². The molecule has 0 saturated carbocycles. The summed E-state index contributed by atoms with van der Waals surface area (Å²) in [6.07, 6.45) is 0.708. The van der Waals surface area contributed by atoms with Crippen LogP contribution < -0.4 is 21.3 Å². The molecule has 0 heterocycles. The van der Waals surface area contributed by atoms with Gasteiger partial charge in [-0.05, 0) is 29.4 Å². The zero-order valence-electron chi connectivity index (χ0n) is 21.6. The number of hydrogen-bond acceptors (Lipinski definition) is 4. The molecule has 2 rings (SSSR count). The van der Waals surface area contributed by atoms with Crippen LogP contribution in [0.5, 0.6) is 0 Å². The van der Waals surface area contributed by atoms with Crippen LogP contribution in [0.15, 0.2) is 60.7 Å². The number of nitrogens with one attached hydrogen (secondary N) is 4. The predicted molar refractivity (Wildman–Crippen MR) is 140 cm³/mol. The maximum Gasteiger partial charge on any atom is 0.243 e. The van der Waals surface area contributed by atoms with Gasteiger partial charge in [0.25, 0.3) is 0 Å². The Kier molecular flexibility index (Phi) is 11.1. The summed E-state index contributed by atoms with van der Waals surface area (Å²) < 4.78 is 0. The highest BCUT2D eigenvalue weighted by Crippen LogP contribution is 2.11. The normalized spacial score (nSPS) is 12.7. The van der Waals surface area contributed by atoms with Crippen LogP contribution in [0.4, 0.5) is 0 Å². The minimum atomic E-state index is -1.09. The second kappa shape index (κ2) is 14.0. The Morgan fingerprint density at radius 2 is 1.33 bits per heavy atom. The highest BCUT2D eigenvalue weighted by atomic mass is 16.2. The Hall–Kier alpha value is -3.68. The molecule has 0 bridgehead atoms. The summed E-state index contributed by atoms with van der Waals surface area (Å²) in [4.78, 5) is 50.4. The molecular formula is C28H38N4O4. The first-order valence-electron chi connectivity index (χ1n) is 12.2. The smallest absolute Gasteiger partial charge is 0.243 e. The molecule has 194 valence electrons. The Morgan fingerprint density at radius 1 is 0.750 bits per heavy atom. The minimum absolute atomic E-state index is 0.124. The molecule has 0 fully saturated rings. The van der Waals surface area contributed by atoms with Crippen LogP contribution in [-0.2, 0) is 32.1 Å². The van der Waals surface area contributed by atoms with E-state index < -0.39 is 23.9 Å².